The first-order valence-electron chi connectivity index (χ1n) is 7.50. The first-order valence-corrected chi connectivity index (χ1v) is 8.98. The van der Waals surface area contributed by atoms with Gasteiger partial charge in [0.1, 0.15) is 0 Å². The molecule has 24 heavy (non-hydrogen) atoms. The molecule has 8 nitrogen and oxygen atoms in total. The second-order valence-electron chi connectivity index (χ2n) is 5.56. The van der Waals surface area contributed by atoms with Crippen LogP contribution in [0.15, 0.2) is 29.2 Å². The Morgan fingerprint density at radius 1 is 1.29 bits per heavy atom. The molecule has 0 spiro atoms. The largest absolute Gasteiger partial charge is 0.479 e. The summed E-state index contributed by atoms with van der Waals surface area (Å²) in [4.78, 5) is 23.6. The van der Waals surface area contributed by atoms with Gasteiger partial charge in [-0.15, -0.1) is 0 Å². The number of carbonyl (C=O) groups is 2. The Morgan fingerprint density at radius 2 is 1.96 bits per heavy atom. The highest BCUT2D eigenvalue weighted by Gasteiger charge is 2.43. The number of benzene rings is 1. The molecule has 2 rings (SSSR count). The fraction of sp³-hybridized carbons (Fsp3) is 0.467. The van der Waals surface area contributed by atoms with Gasteiger partial charge < -0.3 is 15.2 Å². The number of hydrogen-bond acceptors (Lipinski definition) is 5. The van der Waals surface area contributed by atoms with E-state index < -0.39 is 27.4 Å². The molecule has 1 atom stereocenters. The van der Waals surface area contributed by atoms with Crippen molar-refractivity contribution in [2.75, 3.05) is 19.8 Å². The van der Waals surface area contributed by atoms with Gasteiger partial charge in [-0.2, -0.15) is 0 Å². The Morgan fingerprint density at radius 3 is 2.46 bits per heavy atom. The fourth-order valence-corrected chi connectivity index (χ4v) is 3.48. The summed E-state index contributed by atoms with van der Waals surface area (Å²) in [6.45, 7) is 2.19. The molecule has 1 heterocycles. The maximum Gasteiger partial charge on any atom is 0.331 e. The van der Waals surface area contributed by atoms with E-state index in [9.17, 15) is 23.1 Å². The fourth-order valence-electron chi connectivity index (χ4n) is 2.44. The second kappa shape index (κ2) is 7.29. The normalized spacial score (nSPS) is 20.7. The van der Waals surface area contributed by atoms with Crippen LogP contribution in [0.1, 0.15) is 18.9 Å². The first-order chi connectivity index (χ1) is 11.3. The zero-order valence-electron chi connectivity index (χ0n) is 13.2. The van der Waals surface area contributed by atoms with Gasteiger partial charge in [0.15, 0.2) is 5.54 Å². The molecule has 1 amide bonds. The van der Waals surface area contributed by atoms with E-state index in [1.54, 1.807) is 6.92 Å². The number of carboxylic acids is 1. The van der Waals surface area contributed by atoms with Gasteiger partial charge >= 0.3 is 5.97 Å². The number of nitrogens with one attached hydrogen (secondary N) is 2. The van der Waals surface area contributed by atoms with Crippen LogP contribution in [0.5, 0.6) is 0 Å². The number of rotatable bonds is 7. The third kappa shape index (κ3) is 4.11. The number of ether oxygens (including phenoxy) is 1. The van der Waals surface area contributed by atoms with Crippen molar-refractivity contribution in [1.29, 1.82) is 0 Å². The maximum atomic E-state index is 12.1. The van der Waals surface area contributed by atoms with E-state index in [2.05, 4.69) is 10.0 Å². The van der Waals surface area contributed by atoms with Crippen molar-refractivity contribution < 1.29 is 27.9 Å². The summed E-state index contributed by atoms with van der Waals surface area (Å²) < 4.78 is 31.1. The SMILES string of the molecule is CCNS(=O)(=O)c1ccc(CC(=O)NC2(C(=O)O)CCOC2)cc1. The Kier molecular flexibility index (Phi) is 5.58. The third-order valence-electron chi connectivity index (χ3n) is 3.74. The standard InChI is InChI=1S/C15H20N2O6S/c1-2-16-24(21,22)12-5-3-11(4-6-12)9-13(18)17-15(14(19)20)7-8-23-10-15/h3-6,16H,2,7-10H2,1H3,(H,17,18)(H,19,20). The van der Waals surface area contributed by atoms with Crippen LogP contribution in [0, 0.1) is 0 Å². The zero-order chi connectivity index (χ0) is 17.8. The van der Waals surface area contributed by atoms with Crippen molar-refractivity contribution in [3.05, 3.63) is 29.8 Å². The highest BCUT2D eigenvalue weighted by Crippen LogP contribution is 2.19. The van der Waals surface area contributed by atoms with Crippen molar-refractivity contribution in [2.45, 2.75) is 30.2 Å². The zero-order valence-corrected chi connectivity index (χ0v) is 14.1. The van der Waals surface area contributed by atoms with E-state index >= 15 is 0 Å². The minimum atomic E-state index is -3.54. The summed E-state index contributed by atoms with van der Waals surface area (Å²) in [6, 6.07) is 5.88. The topological polar surface area (TPSA) is 122 Å². The quantitative estimate of drug-likeness (QED) is 0.626. The van der Waals surface area contributed by atoms with Crippen LogP contribution in [0.3, 0.4) is 0 Å². The maximum absolute atomic E-state index is 12.1. The van der Waals surface area contributed by atoms with Crippen LogP contribution in [0.2, 0.25) is 0 Å². The predicted octanol–water partition coefficient (Wildman–Crippen LogP) is -0.113. The van der Waals surface area contributed by atoms with E-state index in [0.29, 0.717) is 5.56 Å². The van der Waals surface area contributed by atoms with Crippen LogP contribution in [0.25, 0.3) is 0 Å². The van der Waals surface area contributed by atoms with Crippen LogP contribution in [-0.4, -0.2) is 50.7 Å². The van der Waals surface area contributed by atoms with Gasteiger partial charge in [0, 0.05) is 19.6 Å². The lowest BCUT2D eigenvalue weighted by Gasteiger charge is -2.23. The monoisotopic (exact) mass is 356 g/mol. The van der Waals surface area contributed by atoms with Gasteiger partial charge in [-0.1, -0.05) is 19.1 Å². The highest BCUT2D eigenvalue weighted by molar-refractivity contribution is 7.89. The molecular weight excluding hydrogens is 336 g/mol. The molecule has 1 aromatic carbocycles. The summed E-state index contributed by atoms with van der Waals surface area (Å²) in [5.41, 5.74) is -0.798. The molecule has 1 aliphatic heterocycles. The molecule has 1 unspecified atom stereocenters. The number of carboxylic acid groups (broad SMARTS) is 1. The number of amides is 1. The van der Waals surface area contributed by atoms with E-state index in [-0.39, 0.29) is 37.5 Å². The van der Waals surface area contributed by atoms with Crippen molar-refractivity contribution in [2.24, 2.45) is 0 Å². The summed E-state index contributed by atoms with van der Waals surface area (Å²) in [5.74, 6) is -1.58. The molecule has 0 saturated carbocycles. The number of sulfonamides is 1. The average Bonchev–Trinajstić information content (AvgIpc) is 2.97. The van der Waals surface area contributed by atoms with Gasteiger partial charge in [-0.3, -0.25) is 4.79 Å². The minimum absolute atomic E-state index is 0.0451. The van der Waals surface area contributed by atoms with E-state index in [1.807, 2.05) is 0 Å². The molecule has 1 saturated heterocycles. The Bertz CT molecular complexity index is 708. The second-order valence-corrected chi connectivity index (χ2v) is 7.33. The van der Waals surface area contributed by atoms with Crippen molar-refractivity contribution in [1.82, 2.24) is 10.0 Å². The van der Waals surface area contributed by atoms with Gasteiger partial charge in [0.2, 0.25) is 15.9 Å². The lowest BCUT2D eigenvalue weighted by molar-refractivity contribution is -0.147. The smallest absolute Gasteiger partial charge is 0.331 e. The highest BCUT2D eigenvalue weighted by atomic mass is 32.2. The molecule has 0 radical (unpaired) electrons. The summed E-state index contributed by atoms with van der Waals surface area (Å²) in [7, 11) is -3.54. The molecule has 0 aliphatic carbocycles. The molecule has 0 bridgehead atoms. The van der Waals surface area contributed by atoms with Crippen LogP contribution in [-0.2, 0) is 30.8 Å². The van der Waals surface area contributed by atoms with E-state index in [4.69, 9.17) is 4.74 Å². The Hall–Kier alpha value is -1.97. The third-order valence-corrected chi connectivity index (χ3v) is 5.30. The summed E-state index contributed by atoms with van der Waals surface area (Å²) in [6.07, 6.45) is 0.171. The van der Waals surface area contributed by atoms with Crippen LogP contribution < -0.4 is 10.0 Å². The van der Waals surface area contributed by atoms with Crippen molar-refractivity contribution >= 4 is 21.9 Å². The molecule has 9 heteroatoms. The predicted molar refractivity (Wildman–Crippen MR) is 85.0 cm³/mol. The molecular formula is C15H20N2O6S. The molecule has 3 N–H and O–H groups in total. The molecule has 0 aromatic heterocycles. The summed E-state index contributed by atoms with van der Waals surface area (Å²) >= 11 is 0. The number of hydrogen-bond donors (Lipinski definition) is 3. The lowest BCUT2D eigenvalue weighted by Crippen LogP contribution is -2.55. The van der Waals surface area contributed by atoms with Crippen LogP contribution in [0.4, 0.5) is 0 Å². The van der Waals surface area contributed by atoms with E-state index in [0.717, 1.165) is 0 Å². The van der Waals surface area contributed by atoms with Crippen molar-refractivity contribution in [3.8, 4) is 0 Å². The van der Waals surface area contributed by atoms with Gasteiger partial charge in [0.05, 0.1) is 17.9 Å². The Balaban J connectivity index is 2.03. The number of carbonyl (C=O) groups excluding carboxylic acids is 1. The molecule has 132 valence electrons. The molecule has 1 fully saturated rings. The number of aliphatic carboxylic acids is 1. The molecule has 1 aliphatic rings. The van der Waals surface area contributed by atoms with Gasteiger partial charge in [-0.05, 0) is 17.7 Å². The lowest BCUT2D eigenvalue weighted by atomic mass is 9.98. The first kappa shape index (κ1) is 18.4. The Labute approximate surface area is 140 Å². The van der Waals surface area contributed by atoms with Gasteiger partial charge in [0.25, 0.3) is 0 Å². The average molecular weight is 356 g/mol. The summed E-state index contributed by atoms with van der Waals surface area (Å²) in [5, 5.41) is 11.8. The van der Waals surface area contributed by atoms with Crippen molar-refractivity contribution in [3.63, 3.8) is 0 Å². The van der Waals surface area contributed by atoms with Gasteiger partial charge in [-0.25, -0.2) is 17.9 Å². The van der Waals surface area contributed by atoms with E-state index in [1.165, 1.54) is 24.3 Å². The minimum Gasteiger partial charge on any atom is -0.479 e. The molecule has 1 aromatic rings. The van der Waals surface area contributed by atoms with Crippen LogP contribution >= 0.6 is 0 Å².